The average molecular weight is 267 g/mol. The van der Waals surface area contributed by atoms with E-state index >= 15 is 0 Å². The predicted molar refractivity (Wildman–Crippen MR) is 65.5 cm³/mol. The molecule has 1 aromatic heterocycles. The van der Waals surface area contributed by atoms with Gasteiger partial charge in [-0.1, -0.05) is 6.07 Å². The molecule has 0 fully saturated rings. The van der Waals surface area contributed by atoms with Gasteiger partial charge in [-0.25, -0.2) is 8.78 Å². The van der Waals surface area contributed by atoms with Crippen LogP contribution in [0, 0.1) is 11.6 Å². The summed E-state index contributed by atoms with van der Waals surface area (Å²) in [6, 6.07) is 3.83. The van der Waals surface area contributed by atoms with E-state index in [1.165, 1.54) is 6.07 Å². The topological polar surface area (TPSA) is 50.9 Å². The fourth-order valence-electron chi connectivity index (χ4n) is 2.02. The Balaban J connectivity index is 2.32. The first-order chi connectivity index (χ1) is 9.02. The van der Waals surface area contributed by atoms with E-state index in [1.54, 1.807) is 4.57 Å². The molecule has 0 atom stereocenters. The van der Waals surface area contributed by atoms with E-state index in [9.17, 15) is 13.9 Å². The van der Waals surface area contributed by atoms with Gasteiger partial charge in [0.2, 0.25) is 0 Å². The fourth-order valence-corrected chi connectivity index (χ4v) is 2.02. The number of halogens is 2. The quantitative estimate of drug-likeness (QED) is 0.924. The smallest absolute Gasteiger partial charge is 0.159 e. The van der Waals surface area contributed by atoms with Crippen molar-refractivity contribution < 1.29 is 13.9 Å². The first-order valence-electron chi connectivity index (χ1n) is 6.00. The lowest BCUT2D eigenvalue weighted by atomic mass is 10.1. The molecule has 4 nitrogen and oxygen atoms in total. The molecule has 1 N–H and O–H groups in total. The van der Waals surface area contributed by atoms with E-state index in [0.29, 0.717) is 23.6 Å². The van der Waals surface area contributed by atoms with E-state index in [2.05, 4.69) is 10.2 Å². The maximum absolute atomic E-state index is 13.2. The summed E-state index contributed by atoms with van der Waals surface area (Å²) in [4.78, 5) is 0. The third-order valence-corrected chi connectivity index (χ3v) is 2.84. The summed E-state index contributed by atoms with van der Waals surface area (Å²) in [7, 11) is 0. The summed E-state index contributed by atoms with van der Waals surface area (Å²) < 4.78 is 27.8. The lowest BCUT2D eigenvalue weighted by Gasteiger charge is -2.13. The highest BCUT2D eigenvalue weighted by Crippen LogP contribution is 2.16. The van der Waals surface area contributed by atoms with Gasteiger partial charge in [-0.2, -0.15) is 0 Å². The van der Waals surface area contributed by atoms with Gasteiger partial charge in [-0.15, -0.1) is 10.2 Å². The van der Waals surface area contributed by atoms with Crippen LogP contribution in [0.5, 0.6) is 0 Å². The van der Waals surface area contributed by atoms with E-state index in [4.69, 9.17) is 0 Å². The molecule has 6 heteroatoms. The van der Waals surface area contributed by atoms with Crippen molar-refractivity contribution in [2.75, 3.05) is 0 Å². The van der Waals surface area contributed by atoms with Gasteiger partial charge < -0.3 is 9.67 Å². The number of benzene rings is 1. The SMILES string of the molecule is CC(C)n1c(CO)nnc1Cc1ccc(F)c(F)c1. The summed E-state index contributed by atoms with van der Waals surface area (Å²) >= 11 is 0. The van der Waals surface area contributed by atoms with Crippen molar-refractivity contribution >= 4 is 0 Å². The molecule has 0 amide bonds. The normalized spacial score (nSPS) is 11.3. The van der Waals surface area contributed by atoms with Gasteiger partial charge in [0.15, 0.2) is 17.5 Å². The van der Waals surface area contributed by atoms with E-state index in [1.807, 2.05) is 13.8 Å². The van der Waals surface area contributed by atoms with Crippen molar-refractivity contribution in [1.29, 1.82) is 0 Å². The second-order valence-electron chi connectivity index (χ2n) is 4.58. The van der Waals surface area contributed by atoms with E-state index in [-0.39, 0.29) is 12.6 Å². The number of aromatic nitrogens is 3. The van der Waals surface area contributed by atoms with Crippen LogP contribution in [0.25, 0.3) is 0 Å². The fraction of sp³-hybridized carbons (Fsp3) is 0.385. The highest BCUT2D eigenvalue weighted by atomic mass is 19.2. The second kappa shape index (κ2) is 5.44. The molecule has 19 heavy (non-hydrogen) atoms. The Morgan fingerprint density at radius 3 is 2.42 bits per heavy atom. The molecule has 2 rings (SSSR count). The summed E-state index contributed by atoms with van der Waals surface area (Å²) in [5, 5.41) is 17.1. The van der Waals surface area contributed by atoms with Crippen LogP contribution in [0.1, 0.15) is 37.1 Å². The molecule has 0 aliphatic heterocycles. The Kier molecular flexibility index (Phi) is 3.90. The van der Waals surface area contributed by atoms with Crippen LogP contribution in [0.2, 0.25) is 0 Å². The van der Waals surface area contributed by atoms with Crippen molar-refractivity contribution in [2.24, 2.45) is 0 Å². The monoisotopic (exact) mass is 267 g/mol. The first kappa shape index (κ1) is 13.6. The maximum atomic E-state index is 13.2. The lowest BCUT2D eigenvalue weighted by Crippen LogP contribution is -2.11. The van der Waals surface area contributed by atoms with Crippen molar-refractivity contribution in [1.82, 2.24) is 14.8 Å². The zero-order valence-electron chi connectivity index (χ0n) is 10.8. The summed E-state index contributed by atoms with van der Waals surface area (Å²) in [6.45, 7) is 3.68. The van der Waals surface area contributed by atoms with Gasteiger partial charge in [-0.3, -0.25) is 0 Å². The molecule has 1 aromatic carbocycles. The van der Waals surface area contributed by atoms with Crippen LogP contribution in [-0.2, 0) is 13.0 Å². The third kappa shape index (κ3) is 2.78. The van der Waals surface area contributed by atoms with Gasteiger partial charge in [0.25, 0.3) is 0 Å². The van der Waals surface area contributed by atoms with Crippen LogP contribution in [-0.4, -0.2) is 19.9 Å². The number of aliphatic hydroxyl groups is 1. The third-order valence-electron chi connectivity index (χ3n) is 2.84. The van der Waals surface area contributed by atoms with Crippen LogP contribution >= 0.6 is 0 Å². The summed E-state index contributed by atoms with van der Waals surface area (Å²) in [5.41, 5.74) is 0.609. The van der Waals surface area contributed by atoms with Gasteiger partial charge in [0.05, 0.1) is 0 Å². The van der Waals surface area contributed by atoms with Crippen molar-refractivity contribution in [3.05, 3.63) is 47.0 Å². The summed E-state index contributed by atoms with van der Waals surface area (Å²) in [6.07, 6.45) is 0.336. The first-order valence-corrected chi connectivity index (χ1v) is 6.00. The Bertz CT molecular complexity index is 581. The maximum Gasteiger partial charge on any atom is 0.159 e. The zero-order valence-corrected chi connectivity index (χ0v) is 10.8. The van der Waals surface area contributed by atoms with E-state index < -0.39 is 11.6 Å². The number of hydrogen-bond donors (Lipinski definition) is 1. The molecule has 0 saturated heterocycles. The Morgan fingerprint density at radius 2 is 1.84 bits per heavy atom. The van der Waals surface area contributed by atoms with Gasteiger partial charge >= 0.3 is 0 Å². The van der Waals surface area contributed by atoms with Gasteiger partial charge in [0, 0.05) is 12.5 Å². The largest absolute Gasteiger partial charge is 0.388 e. The molecule has 0 unspecified atom stereocenters. The molecular formula is C13H15F2N3O. The molecular weight excluding hydrogens is 252 g/mol. The lowest BCUT2D eigenvalue weighted by molar-refractivity contribution is 0.261. The number of hydrogen-bond acceptors (Lipinski definition) is 3. The van der Waals surface area contributed by atoms with Gasteiger partial charge in [0.1, 0.15) is 12.4 Å². The molecule has 1 heterocycles. The minimum absolute atomic E-state index is 0.0810. The Hall–Kier alpha value is -1.82. The Morgan fingerprint density at radius 1 is 1.16 bits per heavy atom. The van der Waals surface area contributed by atoms with Gasteiger partial charge in [-0.05, 0) is 31.5 Å². The van der Waals surface area contributed by atoms with Crippen molar-refractivity contribution in [3.63, 3.8) is 0 Å². The van der Waals surface area contributed by atoms with Crippen LogP contribution in [0.15, 0.2) is 18.2 Å². The molecule has 0 aliphatic carbocycles. The second-order valence-corrected chi connectivity index (χ2v) is 4.58. The zero-order chi connectivity index (χ0) is 14.0. The van der Waals surface area contributed by atoms with Crippen molar-refractivity contribution in [3.8, 4) is 0 Å². The Labute approximate surface area is 109 Å². The highest BCUT2D eigenvalue weighted by Gasteiger charge is 2.15. The molecule has 2 aromatic rings. The molecule has 0 aliphatic rings. The number of nitrogens with zero attached hydrogens (tertiary/aromatic N) is 3. The van der Waals surface area contributed by atoms with Crippen molar-refractivity contribution in [2.45, 2.75) is 32.9 Å². The molecule has 0 bridgehead atoms. The van der Waals surface area contributed by atoms with Crippen LogP contribution in [0.4, 0.5) is 8.78 Å². The van der Waals surface area contributed by atoms with Crippen LogP contribution < -0.4 is 0 Å². The number of rotatable bonds is 4. The molecule has 0 spiro atoms. The number of aliphatic hydroxyl groups excluding tert-OH is 1. The standard InChI is InChI=1S/C13H15F2N3O/c1-8(2)18-12(16-17-13(18)7-19)6-9-3-4-10(14)11(15)5-9/h3-5,8,19H,6-7H2,1-2H3. The predicted octanol–water partition coefficient (Wildman–Crippen LogP) is 2.22. The average Bonchev–Trinajstić information content (AvgIpc) is 2.77. The molecule has 0 saturated carbocycles. The minimum Gasteiger partial charge on any atom is -0.388 e. The highest BCUT2D eigenvalue weighted by molar-refractivity contribution is 5.21. The minimum atomic E-state index is -0.879. The summed E-state index contributed by atoms with van der Waals surface area (Å²) in [5.74, 6) is -0.668. The molecule has 0 radical (unpaired) electrons. The van der Waals surface area contributed by atoms with E-state index in [0.717, 1.165) is 12.1 Å². The van der Waals surface area contributed by atoms with Crippen LogP contribution in [0.3, 0.4) is 0 Å². The molecule has 102 valence electrons.